The lowest BCUT2D eigenvalue weighted by molar-refractivity contribution is 0.969. The molecule has 0 bridgehead atoms. The molecule has 0 unspecified atom stereocenters. The van der Waals surface area contributed by atoms with Crippen LogP contribution in [0.1, 0.15) is 12.8 Å². The summed E-state index contributed by atoms with van der Waals surface area (Å²) in [5.41, 5.74) is 0. The smallest absolute Gasteiger partial charge is 0.0417 e. The molecule has 0 aliphatic carbocycles. The Bertz CT molecular complexity index is 235. The minimum atomic E-state index is 0.814. The first-order valence-electron chi connectivity index (χ1n) is 4.00. The second-order valence-electron chi connectivity index (χ2n) is 2.51. The van der Waals surface area contributed by atoms with E-state index in [0.29, 0.717) is 0 Å². The van der Waals surface area contributed by atoms with Crippen molar-refractivity contribution >= 4 is 23.4 Å². The Balaban J connectivity index is 2.41. The average molecular weight is 200 g/mol. The van der Waals surface area contributed by atoms with Gasteiger partial charge in [-0.05, 0) is 30.4 Å². The topological polar surface area (TPSA) is 0 Å². The fourth-order valence-electron chi connectivity index (χ4n) is 0.849. The molecule has 65 valence electrons. The summed E-state index contributed by atoms with van der Waals surface area (Å²) in [5, 5.41) is 0.814. The van der Waals surface area contributed by atoms with Gasteiger partial charge in [0.2, 0.25) is 0 Å². The van der Waals surface area contributed by atoms with Crippen LogP contribution in [0.15, 0.2) is 29.2 Å². The Kier molecular flexibility index (Phi) is 4.55. The van der Waals surface area contributed by atoms with E-state index in [1.807, 2.05) is 30.0 Å². The molecule has 0 N–H and O–H groups in total. The monoisotopic (exact) mass is 199 g/mol. The molecule has 0 heterocycles. The van der Waals surface area contributed by atoms with E-state index in [1.165, 1.54) is 4.90 Å². The largest absolute Gasteiger partial charge is 0.126 e. The van der Waals surface area contributed by atoms with E-state index in [2.05, 4.69) is 13.0 Å². The summed E-state index contributed by atoms with van der Waals surface area (Å²) < 4.78 is 0. The first-order chi connectivity index (χ1) is 5.83. The van der Waals surface area contributed by atoms with Gasteiger partial charge in [0.15, 0.2) is 0 Å². The number of hydrogen-bond donors (Lipinski definition) is 0. The number of thioether (sulfide) groups is 1. The highest BCUT2D eigenvalue weighted by atomic mass is 35.5. The predicted molar refractivity (Wildman–Crippen MR) is 56.8 cm³/mol. The molecule has 0 saturated carbocycles. The molecule has 2 heteroatoms. The molecule has 1 aromatic rings. The van der Waals surface area contributed by atoms with Crippen LogP contribution in [0, 0.1) is 6.92 Å². The molecule has 0 fully saturated rings. The summed E-state index contributed by atoms with van der Waals surface area (Å²) in [6, 6.07) is 7.96. The van der Waals surface area contributed by atoms with Crippen LogP contribution in [-0.4, -0.2) is 5.75 Å². The lowest BCUT2D eigenvalue weighted by Crippen LogP contribution is -1.77. The highest BCUT2D eigenvalue weighted by Gasteiger charge is 1.93. The van der Waals surface area contributed by atoms with E-state index in [-0.39, 0.29) is 0 Å². The zero-order valence-corrected chi connectivity index (χ0v) is 8.50. The first kappa shape index (κ1) is 9.94. The van der Waals surface area contributed by atoms with Crippen molar-refractivity contribution in [3.8, 4) is 0 Å². The molecule has 0 aliphatic rings. The van der Waals surface area contributed by atoms with Gasteiger partial charge in [-0.2, -0.15) is 0 Å². The summed E-state index contributed by atoms with van der Waals surface area (Å²) in [6.07, 6.45) is 2.17. The molecular formula is C10H12ClS. The third kappa shape index (κ3) is 3.51. The minimum Gasteiger partial charge on any atom is -0.126 e. The van der Waals surface area contributed by atoms with Crippen molar-refractivity contribution in [2.45, 2.75) is 17.7 Å². The second kappa shape index (κ2) is 5.50. The molecule has 1 rings (SSSR count). The van der Waals surface area contributed by atoms with Gasteiger partial charge in [-0.15, -0.1) is 11.8 Å². The highest BCUT2D eigenvalue weighted by Crippen LogP contribution is 2.22. The molecular weight excluding hydrogens is 188 g/mol. The lowest BCUT2D eigenvalue weighted by Gasteiger charge is -1.99. The third-order valence-electron chi connectivity index (χ3n) is 1.46. The molecule has 0 aromatic heterocycles. The number of unbranched alkanes of at least 4 members (excludes halogenated alkanes) is 1. The zero-order valence-electron chi connectivity index (χ0n) is 6.92. The van der Waals surface area contributed by atoms with Crippen molar-refractivity contribution < 1.29 is 0 Å². The zero-order chi connectivity index (χ0) is 8.81. The normalized spacial score (nSPS) is 10.2. The van der Waals surface area contributed by atoms with E-state index < -0.39 is 0 Å². The van der Waals surface area contributed by atoms with Gasteiger partial charge in [-0.1, -0.05) is 31.0 Å². The average Bonchev–Trinajstić information content (AvgIpc) is 2.05. The van der Waals surface area contributed by atoms with E-state index in [1.54, 1.807) is 0 Å². The van der Waals surface area contributed by atoms with Crippen molar-refractivity contribution in [3.63, 3.8) is 0 Å². The van der Waals surface area contributed by atoms with Crippen LogP contribution in [0.4, 0.5) is 0 Å². The van der Waals surface area contributed by atoms with E-state index in [4.69, 9.17) is 11.6 Å². The summed E-state index contributed by atoms with van der Waals surface area (Å²) in [4.78, 5) is 1.25. The molecule has 0 nitrogen and oxygen atoms in total. The molecule has 0 atom stereocenters. The fourth-order valence-corrected chi connectivity index (χ4v) is 2.07. The molecule has 1 radical (unpaired) electrons. The van der Waals surface area contributed by atoms with Crippen molar-refractivity contribution in [2.75, 3.05) is 5.75 Å². The predicted octanol–water partition coefficient (Wildman–Crippen LogP) is 4.05. The van der Waals surface area contributed by atoms with Gasteiger partial charge in [0.1, 0.15) is 0 Å². The summed E-state index contributed by atoms with van der Waals surface area (Å²) in [5.74, 6) is 1.13. The van der Waals surface area contributed by atoms with Crippen LogP contribution in [0.3, 0.4) is 0 Å². The lowest BCUT2D eigenvalue weighted by atomic mass is 10.4. The summed E-state index contributed by atoms with van der Waals surface area (Å²) in [7, 11) is 0. The van der Waals surface area contributed by atoms with Crippen LogP contribution in [0.5, 0.6) is 0 Å². The first-order valence-corrected chi connectivity index (χ1v) is 5.37. The third-order valence-corrected chi connectivity index (χ3v) is 2.77. The number of benzene rings is 1. The Morgan fingerprint density at radius 2 is 2.25 bits per heavy atom. The van der Waals surface area contributed by atoms with Crippen molar-refractivity contribution in [3.05, 3.63) is 36.2 Å². The van der Waals surface area contributed by atoms with Crippen molar-refractivity contribution in [1.29, 1.82) is 0 Å². The van der Waals surface area contributed by atoms with Gasteiger partial charge < -0.3 is 0 Å². The maximum Gasteiger partial charge on any atom is 0.0417 e. The summed E-state index contributed by atoms with van der Waals surface area (Å²) in [6.45, 7) is 3.80. The molecule has 0 aliphatic heterocycles. The van der Waals surface area contributed by atoms with Crippen LogP contribution >= 0.6 is 23.4 Å². The van der Waals surface area contributed by atoms with E-state index in [0.717, 1.165) is 23.6 Å². The SMILES string of the molecule is [CH2]CCCSc1cccc(Cl)c1. The van der Waals surface area contributed by atoms with Gasteiger partial charge in [0, 0.05) is 9.92 Å². The van der Waals surface area contributed by atoms with Gasteiger partial charge in [0.25, 0.3) is 0 Å². The number of rotatable bonds is 4. The van der Waals surface area contributed by atoms with E-state index in [9.17, 15) is 0 Å². The van der Waals surface area contributed by atoms with Gasteiger partial charge in [0.05, 0.1) is 0 Å². The van der Waals surface area contributed by atoms with Gasteiger partial charge >= 0.3 is 0 Å². The van der Waals surface area contributed by atoms with Crippen molar-refractivity contribution in [1.82, 2.24) is 0 Å². The highest BCUT2D eigenvalue weighted by molar-refractivity contribution is 7.99. The maximum atomic E-state index is 5.83. The number of halogens is 1. The molecule has 0 amide bonds. The standard InChI is InChI=1S/C10H12ClS/c1-2-3-7-12-10-6-4-5-9(11)8-10/h4-6,8H,1-3,7H2. The number of hydrogen-bond acceptors (Lipinski definition) is 1. The van der Waals surface area contributed by atoms with Crippen molar-refractivity contribution in [2.24, 2.45) is 0 Å². The summed E-state index contributed by atoms with van der Waals surface area (Å²) >= 11 is 7.67. The van der Waals surface area contributed by atoms with Crippen LogP contribution < -0.4 is 0 Å². The Labute approximate surface area is 83.3 Å². The minimum absolute atomic E-state index is 0.814. The van der Waals surface area contributed by atoms with Crippen LogP contribution in [0.25, 0.3) is 0 Å². The molecule has 12 heavy (non-hydrogen) atoms. The van der Waals surface area contributed by atoms with Gasteiger partial charge in [-0.25, -0.2) is 0 Å². The fraction of sp³-hybridized carbons (Fsp3) is 0.300. The molecule has 1 aromatic carbocycles. The van der Waals surface area contributed by atoms with Crippen LogP contribution in [0.2, 0.25) is 5.02 Å². The Morgan fingerprint density at radius 3 is 2.92 bits per heavy atom. The van der Waals surface area contributed by atoms with Gasteiger partial charge in [-0.3, -0.25) is 0 Å². The second-order valence-corrected chi connectivity index (χ2v) is 4.12. The maximum absolute atomic E-state index is 5.83. The molecule has 0 saturated heterocycles. The Morgan fingerprint density at radius 1 is 1.42 bits per heavy atom. The van der Waals surface area contributed by atoms with E-state index >= 15 is 0 Å². The quantitative estimate of drug-likeness (QED) is 0.521. The molecule has 0 spiro atoms. The van der Waals surface area contributed by atoms with Crippen LogP contribution in [-0.2, 0) is 0 Å². The Hall–Kier alpha value is -0.140.